The molecule has 0 spiro atoms. The fourth-order valence-corrected chi connectivity index (χ4v) is 0.671. The Morgan fingerprint density at radius 3 is 2.73 bits per heavy atom. The highest BCUT2D eigenvalue weighted by Crippen LogP contribution is 2.03. The predicted octanol–water partition coefficient (Wildman–Crippen LogP) is 0.418. The molecule has 0 aromatic heterocycles. The molecule has 0 saturated heterocycles. The van der Waals surface area contributed by atoms with Gasteiger partial charge in [-0.15, -0.1) is 0 Å². The van der Waals surface area contributed by atoms with E-state index < -0.39 is 12.5 Å². The molecule has 0 unspecified atom stereocenters. The predicted molar refractivity (Wildman–Crippen MR) is 41.0 cm³/mol. The van der Waals surface area contributed by atoms with Crippen LogP contribution in [-0.2, 0) is 4.79 Å². The minimum Gasteiger partial charge on any atom is -0.387 e. The third-order valence-corrected chi connectivity index (χ3v) is 1.15. The van der Waals surface area contributed by atoms with Crippen LogP contribution in [-0.4, -0.2) is 17.6 Å². The topological polar surface area (TPSA) is 49.3 Å². The lowest BCUT2D eigenvalue weighted by Gasteiger charge is -2.00. The van der Waals surface area contributed by atoms with Crippen molar-refractivity contribution in [3.8, 4) is 0 Å². The average Bonchev–Trinajstić information content (AvgIpc) is 2.06. The summed E-state index contributed by atoms with van der Waals surface area (Å²) in [7, 11) is 0. The molecule has 57 valence electrons. The maximum atomic E-state index is 10.6. The van der Waals surface area contributed by atoms with Gasteiger partial charge in [0.15, 0.2) is 0 Å². The Labute approximate surface area is 64.7 Å². The van der Waals surface area contributed by atoms with Crippen LogP contribution in [0.5, 0.6) is 0 Å². The van der Waals surface area contributed by atoms with Gasteiger partial charge in [0.1, 0.15) is 6.61 Å². The number of hydrogen-bond acceptors (Lipinski definition) is 2. The summed E-state index contributed by atoms with van der Waals surface area (Å²) in [4.78, 5) is 10.6. The summed E-state index contributed by atoms with van der Waals surface area (Å²) < 4.78 is 0. The number of amides is 1. The average molecular weight is 150 g/mol. The van der Waals surface area contributed by atoms with Crippen LogP contribution in [0, 0.1) is 6.07 Å². The van der Waals surface area contributed by atoms with Crippen LogP contribution in [0.4, 0.5) is 5.69 Å². The fraction of sp³-hybridized carbons (Fsp3) is 0.125. The maximum absolute atomic E-state index is 10.6. The molecule has 0 aliphatic heterocycles. The molecule has 0 fully saturated rings. The highest BCUT2D eigenvalue weighted by Gasteiger charge is 1.96. The number of aliphatic hydroxyl groups is 1. The van der Waals surface area contributed by atoms with E-state index in [-0.39, 0.29) is 0 Å². The van der Waals surface area contributed by atoms with Gasteiger partial charge in [0.25, 0.3) is 0 Å². The quantitative estimate of drug-likeness (QED) is 0.641. The van der Waals surface area contributed by atoms with Crippen LogP contribution in [0.3, 0.4) is 0 Å². The summed E-state index contributed by atoms with van der Waals surface area (Å²) in [6.45, 7) is -0.487. The highest BCUT2D eigenvalue weighted by molar-refractivity contribution is 5.91. The van der Waals surface area contributed by atoms with Crippen LogP contribution < -0.4 is 5.32 Å². The molecule has 0 atom stereocenters. The summed E-state index contributed by atoms with van der Waals surface area (Å²) in [5.74, 6) is -0.406. The third-order valence-electron chi connectivity index (χ3n) is 1.15. The molecular weight excluding hydrogens is 142 g/mol. The summed E-state index contributed by atoms with van der Waals surface area (Å²) in [5, 5.41) is 10.9. The Hall–Kier alpha value is -1.35. The molecule has 1 radical (unpaired) electrons. The lowest BCUT2D eigenvalue weighted by atomic mass is 10.3. The van der Waals surface area contributed by atoms with E-state index in [1.165, 1.54) is 0 Å². The van der Waals surface area contributed by atoms with Gasteiger partial charge in [-0.25, -0.2) is 0 Å². The standard InChI is InChI=1S/C8H8NO2/c10-6-8(11)9-7-4-2-1-3-5-7/h2-5,10H,6H2,(H,9,11). The van der Waals surface area contributed by atoms with Gasteiger partial charge >= 0.3 is 0 Å². The number of aliphatic hydroxyl groups excluding tert-OH is 1. The van der Waals surface area contributed by atoms with Crippen molar-refractivity contribution in [2.45, 2.75) is 0 Å². The van der Waals surface area contributed by atoms with Crippen molar-refractivity contribution < 1.29 is 9.90 Å². The Balaban J connectivity index is 2.58. The molecule has 0 heterocycles. The second kappa shape index (κ2) is 3.73. The van der Waals surface area contributed by atoms with Crippen LogP contribution in [0.15, 0.2) is 24.3 Å². The number of benzene rings is 1. The zero-order valence-corrected chi connectivity index (χ0v) is 5.87. The first-order valence-corrected chi connectivity index (χ1v) is 3.20. The van der Waals surface area contributed by atoms with Gasteiger partial charge in [0.05, 0.1) is 0 Å². The Morgan fingerprint density at radius 1 is 1.55 bits per heavy atom. The fourth-order valence-electron chi connectivity index (χ4n) is 0.671. The van der Waals surface area contributed by atoms with Crippen molar-refractivity contribution in [1.82, 2.24) is 0 Å². The number of carbonyl (C=O) groups is 1. The number of rotatable bonds is 2. The lowest BCUT2D eigenvalue weighted by Crippen LogP contribution is -2.15. The molecule has 0 aliphatic rings. The maximum Gasteiger partial charge on any atom is 0.250 e. The monoisotopic (exact) mass is 150 g/mol. The van der Waals surface area contributed by atoms with E-state index in [0.29, 0.717) is 5.69 Å². The number of carbonyl (C=O) groups excluding carboxylic acids is 1. The van der Waals surface area contributed by atoms with Gasteiger partial charge in [0, 0.05) is 5.69 Å². The SMILES string of the molecule is O=C(CO)Nc1cc[c]cc1. The largest absolute Gasteiger partial charge is 0.387 e. The van der Waals surface area contributed by atoms with Gasteiger partial charge in [-0.2, -0.15) is 0 Å². The summed E-state index contributed by atoms with van der Waals surface area (Å²) >= 11 is 0. The van der Waals surface area contributed by atoms with E-state index in [0.717, 1.165) is 0 Å². The number of hydrogen-bond donors (Lipinski definition) is 2. The third kappa shape index (κ3) is 2.39. The van der Waals surface area contributed by atoms with Crippen LogP contribution in [0.1, 0.15) is 0 Å². The van der Waals surface area contributed by atoms with E-state index in [4.69, 9.17) is 5.11 Å². The minimum atomic E-state index is -0.487. The van der Waals surface area contributed by atoms with Gasteiger partial charge in [0.2, 0.25) is 5.91 Å². The van der Waals surface area contributed by atoms with Gasteiger partial charge < -0.3 is 10.4 Å². The molecule has 3 nitrogen and oxygen atoms in total. The molecule has 2 N–H and O–H groups in total. The normalized spacial score (nSPS) is 9.18. The smallest absolute Gasteiger partial charge is 0.250 e. The van der Waals surface area contributed by atoms with Gasteiger partial charge in [-0.05, 0) is 18.2 Å². The second-order valence-corrected chi connectivity index (χ2v) is 1.99. The molecule has 0 bridgehead atoms. The molecule has 3 heteroatoms. The molecule has 11 heavy (non-hydrogen) atoms. The number of nitrogens with one attached hydrogen (secondary N) is 1. The van der Waals surface area contributed by atoms with Crippen LogP contribution in [0.2, 0.25) is 0 Å². The molecule has 1 amide bonds. The van der Waals surface area contributed by atoms with Crippen LogP contribution >= 0.6 is 0 Å². The first kappa shape index (κ1) is 7.75. The molecule has 1 aromatic carbocycles. The van der Waals surface area contributed by atoms with Crippen molar-refractivity contribution in [3.05, 3.63) is 30.3 Å². The molecule has 1 aromatic rings. The van der Waals surface area contributed by atoms with E-state index in [1.54, 1.807) is 24.3 Å². The Bertz CT molecular complexity index is 233. The zero-order chi connectivity index (χ0) is 8.10. The van der Waals surface area contributed by atoms with Crippen LogP contribution in [0.25, 0.3) is 0 Å². The van der Waals surface area contributed by atoms with E-state index >= 15 is 0 Å². The molecular formula is C8H8NO2. The van der Waals surface area contributed by atoms with Crippen molar-refractivity contribution in [1.29, 1.82) is 0 Å². The zero-order valence-electron chi connectivity index (χ0n) is 5.87. The van der Waals surface area contributed by atoms with Gasteiger partial charge in [-0.1, -0.05) is 12.1 Å². The first-order chi connectivity index (χ1) is 5.33. The minimum absolute atomic E-state index is 0.406. The lowest BCUT2D eigenvalue weighted by molar-refractivity contribution is -0.118. The second-order valence-electron chi connectivity index (χ2n) is 1.99. The highest BCUT2D eigenvalue weighted by atomic mass is 16.3. The van der Waals surface area contributed by atoms with Crippen molar-refractivity contribution in [2.75, 3.05) is 11.9 Å². The Morgan fingerprint density at radius 2 is 2.18 bits per heavy atom. The van der Waals surface area contributed by atoms with Crippen molar-refractivity contribution in [3.63, 3.8) is 0 Å². The van der Waals surface area contributed by atoms with Gasteiger partial charge in [-0.3, -0.25) is 4.79 Å². The van der Waals surface area contributed by atoms with E-state index in [1.807, 2.05) is 0 Å². The molecule has 0 saturated carbocycles. The van der Waals surface area contributed by atoms with E-state index in [9.17, 15) is 4.79 Å². The first-order valence-electron chi connectivity index (χ1n) is 3.20. The van der Waals surface area contributed by atoms with Crippen molar-refractivity contribution >= 4 is 11.6 Å². The van der Waals surface area contributed by atoms with E-state index in [2.05, 4.69) is 11.4 Å². The molecule has 1 rings (SSSR count). The Kier molecular flexibility index (Phi) is 2.63. The summed E-state index contributed by atoms with van der Waals surface area (Å²) in [6.07, 6.45) is 0. The summed E-state index contributed by atoms with van der Waals surface area (Å²) in [5.41, 5.74) is 0.669. The molecule has 0 aliphatic carbocycles. The number of anilines is 1. The van der Waals surface area contributed by atoms with Crippen molar-refractivity contribution in [2.24, 2.45) is 0 Å². The summed E-state index contributed by atoms with van der Waals surface area (Å²) in [6, 6.07) is 9.59.